The first-order chi connectivity index (χ1) is 9.58. The van der Waals surface area contributed by atoms with Gasteiger partial charge in [0, 0.05) is 26.6 Å². The molecule has 0 saturated heterocycles. The molecule has 1 N–H and O–H groups in total. The number of halogens is 1. The van der Waals surface area contributed by atoms with Gasteiger partial charge in [-0.25, -0.2) is 4.39 Å². The summed E-state index contributed by atoms with van der Waals surface area (Å²) < 4.78 is 13.8. The first kappa shape index (κ1) is 14.6. The van der Waals surface area contributed by atoms with E-state index in [1.807, 2.05) is 6.07 Å². The minimum absolute atomic E-state index is 0.0610. The molecule has 2 rings (SSSR count). The molecule has 1 unspecified atom stereocenters. The fourth-order valence-corrected chi connectivity index (χ4v) is 2.39. The first-order valence-corrected chi connectivity index (χ1v) is 6.96. The summed E-state index contributed by atoms with van der Waals surface area (Å²) in [6.45, 7) is 0.379. The number of allylic oxidation sites excluding steroid dienone is 2. The highest BCUT2D eigenvalue weighted by molar-refractivity contribution is 5.79. The van der Waals surface area contributed by atoms with Crippen molar-refractivity contribution in [2.75, 3.05) is 19.0 Å². The van der Waals surface area contributed by atoms with E-state index in [4.69, 9.17) is 0 Å². The van der Waals surface area contributed by atoms with Gasteiger partial charge in [-0.3, -0.25) is 4.79 Å². The molecule has 0 fully saturated rings. The van der Waals surface area contributed by atoms with E-state index < -0.39 is 0 Å². The summed E-state index contributed by atoms with van der Waals surface area (Å²) in [5, 5.41) is 2.89. The molecule has 4 heteroatoms. The maximum atomic E-state index is 13.8. The van der Waals surface area contributed by atoms with Crippen molar-refractivity contribution in [3.05, 3.63) is 41.7 Å². The number of carbonyl (C=O) groups is 1. The molecule has 0 heterocycles. The molecule has 1 aromatic carbocycles. The highest BCUT2D eigenvalue weighted by Crippen LogP contribution is 2.20. The van der Waals surface area contributed by atoms with E-state index in [1.165, 1.54) is 6.07 Å². The molecule has 0 aliphatic heterocycles. The van der Waals surface area contributed by atoms with E-state index in [0.29, 0.717) is 12.2 Å². The van der Waals surface area contributed by atoms with Crippen molar-refractivity contribution >= 4 is 11.6 Å². The predicted octanol–water partition coefficient (Wildman–Crippen LogP) is 2.86. The van der Waals surface area contributed by atoms with Crippen LogP contribution in [-0.4, -0.2) is 20.0 Å². The Bertz CT molecular complexity index is 511. The Balaban J connectivity index is 1.92. The zero-order valence-electron chi connectivity index (χ0n) is 12.0. The Hall–Kier alpha value is -1.84. The van der Waals surface area contributed by atoms with Crippen LogP contribution in [-0.2, 0) is 11.3 Å². The summed E-state index contributed by atoms with van der Waals surface area (Å²) in [4.78, 5) is 13.7. The number of anilines is 1. The van der Waals surface area contributed by atoms with Crippen molar-refractivity contribution in [2.24, 2.45) is 5.92 Å². The van der Waals surface area contributed by atoms with Gasteiger partial charge in [-0.15, -0.1) is 0 Å². The van der Waals surface area contributed by atoms with Crippen molar-refractivity contribution in [1.82, 2.24) is 5.32 Å². The van der Waals surface area contributed by atoms with Gasteiger partial charge in [0.1, 0.15) is 5.82 Å². The van der Waals surface area contributed by atoms with Gasteiger partial charge in [0.15, 0.2) is 0 Å². The number of nitrogens with one attached hydrogen (secondary N) is 1. The molecule has 1 amide bonds. The summed E-state index contributed by atoms with van der Waals surface area (Å²) in [5.41, 5.74) is 1.34. The van der Waals surface area contributed by atoms with E-state index >= 15 is 0 Å². The van der Waals surface area contributed by atoms with E-state index in [-0.39, 0.29) is 17.6 Å². The second kappa shape index (κ2) is 6.55. The Morgan fingerprint density at radius 1 is 1.40 bits per heavy atom. The molecule has 1 aliphatic rings. The number of amides is 1. The Morgan fingerprint density at radius 3 is 2.80 bits per heavy atom. The quantitative estimate of drug-likeness (QED) is 0.858. The van der Waals surface area contributed by atoms with E-state index in [2.05, 4.69) is 17.5 Å². The van der Waals surface area contributed by atoms with E-state index in [9.17, 15) is 9.18 Å². The molecule has 0 bridgehead atoms. The second-order valence-corrected chi connectivity index (χ2v) is 5.38. The van der Waals surface area contributed by atoms with E-state index in [1.54, 1.807) is 25.1 Å². The average Bonchev–Trinajstić information content (AvgIpc) is 2.45. The molecule has 1 atom stereocenters. The van der Waals surface area contributed by atoms with Crippen LogP contribution in [0.2, 0.25) is 0 Å². The lowest BCUT2D eigenvalue weighted by Gasteiger charge is -2.18. The molecular weight excluding hydrogens is 255 g/mol. The fourth-order valence-electron chi connectivity index (χ4n) is 2.39. The summed E-state index contributed by atoms with van der Waals surface area (Å²) >= 11 is 0. The van der Waals surface area contributed by atoms with Gasteiger partial charge in [0.25, 0.3) is 0 Å². The van der Waals surface area contributed by atoms with Crippen molar-refractivity contribution in [3.63, 3.8) is 0 Å². The minimum Gasteiger partial charge on any atom is -0.375 e. The lowest BCUT2D eigenvalue weighted by atomic mass is 9.93. The van der Waals surface area contributed by atoms with Crippen LogP contribution < -0.4 is 10.2 Å². The van der Waals surface area contributed by atoms with Crippen LogP contribution >= 0.6 is 0 Å². The molecule has 1 aromatic rings. The van der Waals surface area contributed by atoms with Crippen LogP contribution in [0.15, 0.2) is 30.4 Å². The number of rotatable bonds is 4. The lowest BCUT2D eigenvalue weighted by Crippen LogP contribution is -2.30. The first-order valence-electron chi connectivity index (χ1n) is 6.96. The van der Waals surface area contributed by atoms with Gasteiger partial charge in [-0.1, -0.05) is 18.2 Å². The third kappa shape index (κ3) is 3.59. The maximum Gasteiger partial charge on any atom is 0.223 e. The highest BCUT2D eigenvalue weighted by Gasteiger charge is 2.18. The van der Waals surface area contributed by atoms with Crippen LogP contribution in [0.5, 0.6) is 0 Å². The van der Waals surface area contributed by atoms with Crippen LogP contribution in [0.3, 0.4) is 0 Å². The number of benzene rings is 1. The van der Waals surface area contributed by atoms with Gasteiger partial charge >= 0.3 is 0 Å². The average molecular weight is 276 g/mol. The molecule has 0 radical (unpaired) electrons. The lowest BCUT2D eigenvalue weighted by molar-refractivity contribution is -0.125. The Kier molecular flexibility index (Phi) is 4.77. The number of hydrogen-bond acceptors (Lipinski definition) is 2. The molecule has 20 heavy (non-hydrogen) atoms. The Labute approximate surface area is 119 Å². The minimum atomic E-state index is -0.262. The van der Waals surface area contributed by atoms with Crippen LogP contribution in [0.25, 0.3) is 0 Å². The summed E-state index contributed by atoms with van der Waals surface area (Å²) in [6, 6.07) is 5.07. The molecule has 3 nitrogen and oxygen atoms in total. The highest BCUT2D eigenvalue weighted by atomic mass is 19.1. The van der Waals surface area contributed by atoms with Crippen molar-refractivity contribution in [1.29, 1.82) is 0 Å². The smallest absolute Gasteiger partial charge is 0.223 e. The van der Waals surface area contributed by atoms with Gasteiger partial charge in [0.2, 0.25) is 5.91 Å². The number of nitrogens with zero attached hydrogens (tertiary/aromatic N) is 1. The molecule has 0 spiro atoms. The zero-order valence-corrected chi connectivity index (χ0v) is 12.0. The molecule has 0 aromatic heterocycles. The predicted molar refractivity (Wildman–Crippen MR) is 79.1 cm³/mol. The van der Waals surface area contributed by atoms with Crippen LogP contribution in [0.4, 0.5) is 10.1 Å². The Morgan fingerprint density at radius 2 is 2.20 bits per heavy atom. The molecule has 1 aliphatic carbocycles. The number of hydrogen-bond donors (Lipinski definition) is 1. The van der Waals surface area contributed by atoms with Gasteiger partial charge < -0.3 is 10.2 Å². The van der Waals surface area contributed by atoms with E-state index in [0.717, 1.165) is 24.8 Å². The number of carbonyl (C=O) groups excluding carboxylic acids is 1. The van der Waals surface area contributed by atoms with Crippen molar-refractivity contribution < 1.29 is 9.18 Å². The van der Waals surface area contributed by atoms with Crippen molar-refractivity contribution in [3.8, 4) is 0 Å². The molecule has 108 valence electrons. The molecule has 0 saturated carbocycles. The van der Waals surface area contributed by atoms with Crippen LogP contribution in [0.1, 0.15) is 24.8 Å². The largest absolute Gasteiger partial charge is 0.375 e. The van der Waals surface area contributed by atoms with Gasteiger partial charge in [0.05, 0.1) is 5.69 Å². The second-order valence-electron chi connectivity index (χ2n) is 5.38. The maximum absolute atomic E-state index is 13.8. The topological polar surface area (TPSA) is 32.3 Å². The van der Waals surface area contributed by atoms with Gasteiger partial charge in [-0.05, 0) is 37.0 Å². The SMILES string of the molecule is CN(C)c1ccc(CNC(=O)C2CC=CCC2)cc1F. The summed E-state index contributed by atoms with van der Waals surface area (Å²) in [5.74, 6) is -0.139. The monoisotopic (exact) mass is 276 g/mol. The summed E-state index contributed by atoms with van der Waals surface area (Å²) in [7, 11) is 3.60. The normalized spacial score (nSPS) is 17.9. The van der Waals surface area contributed by atoms with Crippen LogP contribution in [0, 0.1) is 11.7 Å². The standard InChI is InChI=1S/C16H21FN2O/c1-19(2)15-9-8-12(10-14(15)17)11-18-16(20)13-6-4-3-5-7-13/h3-4,8-10,13H,5-7,11H2,1-2H3,(H,18,20). The molecular formula is C16H21FN2O. The zero-order chi connectivity index (χ0) is 14.5. The third-order valence-corrected chi connectivity index (χ3v) is 3.60. The fraction of sp³-hybridized carbons (Fsp3) is 0.438. The van der Waals surface area contributed by atoms with Crippen molar-refractivity contribution in [2.45, 2.75) is 25.8 Å². The summed E-state index contributed by atoms with van der Waals surface area (Å²) in [6.07, 6.45) is 6.83. The third-order valence-electron chi connectivity index (χ3n) is 3.60. The van der Waals surface area contributed by atoms with Gasteiger partial charge in [-0.2, -0.15) is 0 Å².